The Bertz CT molecular complexity index is 1260. The number of hydrogen-bond donors (Lipinski definition) is 1. The molecule has 0 bridgehead atoms. The second-order valence-corrected chi connectivity index (χ2v) is 9.44. The average molecular weight is 428 g/mol. The third-order valence-corrected chi connectivity index (χ3v) is 6.80. The molecule has 3 rings (SSSR count). The lowest BCUT2D eigenvalue weighted by atomic mass is 10.1. The van der Waals surface area contributed by atoms with Crippen molar-refractivity contribution in [3.05, 3.63) is 75.6 Å². The molecule has 0 saturated carbocycles. The molecule has 0 aliphatic heterocycles. The molecule has 0 aliphatic carbocycles. The average Bonchev–Trinajstić information content (AvgIpc) is 2.73. The zero-order chi connectivity index (χ0) is 22.1. The van der Waals surface area contributed by atoms with Crippen LogP contribution in [-0.4, -0.2) is 37.3 Å². The van der Waals surface area contributed by atoms with E-state index in [1.807, 2.05) is 38.1 Å². The van der Waals surface area contributed by atoms with Gasteiger partial charge >= 0.3 is 0 Å². The largest absolute Gasteiger partial charge is 0.348 e. The smallest absolute Gasteiger partial charge is 0.257 e. The number of amides is 1. The Balaban J connectivity index is 2.04. The van der Waals surface area contributed by atoms with Gasteiger partial charge in [-0.15, -0.1) is 0 Å². The lowest BCUT2D eigenvalue weighted by molar-refractivity contribution is 0.0949. The van der Waals surface area contributed by atoms with Crippen LogP contribution in [0.1, 0.15) is 28.4 Å². The number of benzene rings is 2. The first-order chi connectivity index (χ1) is 14.1. The SMILES string of the molecule is CCn1cc(C(=O)NCc2ccc(C)cc2)c(=O)c2cc(S(=O)(=O)N(C)C)ccc21. The molecule has 1 N–H and O–H groups in total. The van der Waals surface area contributed by atoms with E-state index in [0.717, 1.165) is 15.4 Å². The van der Waals surface area contributed by atoms with Crippen molar-refractivity contribution >= 4 is 26.8 Å². The topological polar surface area (TPSA) is 88.5 Å². The molecule has 7 nitrogen and oxygen atoms in total. The highest BCUT2D eigenvalue weighted by atomic mass is 32.2. The van der Waals surface area contributed by atoms with Crippen LogP contribution in [0.15, 0.2) is 58.4 Å². The maximum Gasteiger partial charge on any atom is 0.257 e. The third kappa shape index (κ3) is 4.15. The van der Waals surface area contributed by atoms with Gasteiger partial charge in [-0.2, -0.15) is 0 Å². The van der Waals surface area contributed by atoms with Gasteiger partial charge in [0, 0.05) is 38.8 Å². The summed E-state index contributed by atoms with van der Waals surface area (Å²) < 4.78 is 27.8. The lowest BCUT2D eigenvalue weighted by Gasteiger charge is -2.15. The van der Waals surface area contributed by atoms with Crippen molar-refractivity contribution in [2.24, 2.45) is 0 Å². The number of rotatable bonds is 6. The van der Waals surface area contributed by atoms with Gasteiger partial charge in [0.1, 0.15) is 5.56 Å². The minimum absolute atomic E-state index is 0.0111. The van der Waals surface area contributed by atoms with Crippen molar-refractivity contribution < 1.29 is 13.2 Å². The number of pyridine rings is 1. The molecule has 0 radical (unpaired) electrons. The maximum atomic E-state index is 13.1. The first-order valence-electron chi connectivity index (χ1n) is 9.58. The molecule has 0 saturated heterocycles. The minimum atomic E-state index is -3.70. The highest BCUT2D eigenvalue weighted by Crippen LogP contribution is 2.20. The van der Waals surface area contributed by atoms with E-state index < -0.39 is 21.4 Å². The number of nitrogens with one attached hydrogen (secondary N) is 1. The van der Waals surface area contributed by atoms with Crippen LogP contribution in [0.2, 0.25) is 0 Å². The molecule has 0 aliphatic rings. The summed E-state index contributed by atoms with van der Waals surface area (Å²) in [6, 6.07) is 12.2. The molecule has 30 heavy (non-hydrogen) atoms. The zero-order valence-corrected chi connectivity index (χ0v) is 18.3. The number of aromatic nitrogens is 1. The normalized spacial score (nSPS) is 11.8. The van der Waals surface area contributed by atoms with E-state index in [0.29, 0.717) is 12.1 Å². The molecule has 2 aromatic carbocycles. The van der Waals surface area contributed by atoms with Gasteiger partial charge in [-0.05, 0) is 37.6 Å². The van der Waals surface area contributed by atoms with Crippen LogP contribution in [0.5, 0.6) is 0 Å². The van der Waals surface area contributed by atoms with Crippen LogP contribution in [0.3, 0.4) is 0 Å². The van der Waals surface area contributed by atoms with E-state index in [1.165, 1.54) is 32.4 Å². The van der Waals surface area contributed by atoms with Gasteiger partial charge in [0.2, 0.25) is 15.5 Å². The van der Waals surface area contributed by atoms with Crippen molar-refractivity contribution in [1.29, 1.82) is 0 Å². The molecular formula is C22H25N3O4S. The number of carbonyl (C=O) groups is 1. The fraction of sp³-hybridized carbons (Fsp3) is 0.273. The van der Waals surface area contributed by atoms with E-state index in [9.17, 15) is 18.0 Å². The summed E-state index contributed by atoms with van der Waals surface area (Å²) in [4.78, 5) is 25.8. The van der Waals surface area contributed by atoms with Gasteiger partial charge in [0.25, 0.3) is 5.91 Å². The monoisotopic (exact) mass is 427 g/mol. The van der Waals surface area contributed by atoms with Crippen molar-refractivity contribution in [2.45, 2.75) is 31.8 Å². The van der Waals surface area contributed by atoms with Gasteiger partial charge in [0.15, 0.2) is 0 Å². The summed E-state index contributed by atoms with van der Waals surface area (Å²) in [6.45, 7) is 4.68. The summed E-state index contributed by atoms with van der Waals surface area (Å²) in [5.74, 6) is -0.495. The highest BCUT2D eigenvalue weighted by molar-refractivity contribution is 7.89. The van der Waals surface area contributed by atoms with Gasteiger partial charge in [-0.3, -0.25) is 9.59 Å². The Morgan fingerprint density at radius 3 is 2.37 bits per heavy atom. The van der Waals surface area contributed by atoms with E-state index in [-0.39, 0.29) is 22.4 Å². The summed E-state index contributed by atoms with van der Waals surface area (Å²) >= 11 is 0. The van der Waals surface area contributed by atoms with Crippen molar-refractivity contribution in [3.8, 4) is 0 Å². The minimum Gasteiger partial charge on any atom is -0.348 e. The molecule has 0 fully saturated rings. The van der Waals surface area contributed by atoms with Crippen molar-refractivity contribution in [1.82, 2.24) is 14.2 Å². The fourth-order valence-electron chi connectivity index (χ4n) is 3.15. The predicted octanol–water partition coefficient (Wildman–Crippen LogP) is 2.51. The molecule has 158 valence electrons. The standard InChI is InChI=1S/C22H25N3O4S/c1-5-25-14-19(22(27)23-13-16-8-6-15(2)7-9-16)21(26)18-12-17(10-11-20(18)25)30(28,29)24(3)4/h6-12,14H,5,13H2,1-4H3,(H,23,27). The predicted molar refractivity (Wildman–Crippen MR) is 117 cm³/mol. The molecule has 0 spiro atoms. The number of nitrogens with zero attached hydrogens (tertiary/aromatic N) is 2. The Morgan fingerprint density at radius 2 is 1.77 bits per heavy atom. The third-order valence-electron chi connectivity index (χ3n) is 4.99. The Hall–Kier alpha value is -2.97. The summed E-state index contributed by atoms with van der Waals surface area (Å²) in [5, 5.41) is 2.97. The van der Waals surface area contributed by atoms with Gasteiger partial charge in [-0.25, -0.2) is 12.7 Å². The van der Waals surface area contributed by atoms with E-state index in [1.54, 1.807) is 10.6 Å². The van der Waals surface area contributed by atoms with Crippen molar-refractivity contribution in [2.75, 3.05) is 14.1 Å². The molecule has 1 heterocycles. The first-order valence-corrected chi connectivity index (χ1v) is 11.0. The first kappa shape index (κ1) is 21.7. The summed E-state index contributed by atoms with van der Waals surface area (Å²) in [6.07, 6.45) is 1.52. The van der Waals surface area contributed by atoms with Gasteiger partial charge in [0.05, 0.1) is 10.4 Å². The fourth-order valence-corrected chi connectivity index (χ4v) is 4.08. The second-order valence-electron chi connectivity index (χ2n) is 7.29. The van der Waals surface area contributed by atoms with Crippen LogP contribution in [-0.2, 0) is 23.1 Å². The lowest BCUT2D eigenvalue weighted by Crippen LogP contribution is -2.29. The molecule has 8 heteroatoms. The number of carbonyl (C=O) groups excluding carboxylic acids is 1. The Morgan fingerprint density at radius 1 is 1.10 bits per heavy atom. The second kappa shape index (κ2) is 8.41. The Labute approximate surface area is 176 Å². The highest BCUT2D eigenvalue weighted by Gasteiger charge is 2.21. The van der Waals surface area contributed by atoms with Crippen LogP contribution < -0.4 is 10.7 Å². The van der Waals surface area contributed by atoms with Gasteiger partial charge in [-0.1, -0.05) is 29.8 Å². The number of sulfonamides is 1. The molecule has 3 aromatic rings. The van der Waals surface area contributed by atoms with E-state index >= 15 is 0 Å². The van der Waals surface area contributed by atoms with Crippen LogP contribution in [0, 0.1) is 6.92 Å². The number of fused-ring (bicyclic) bond motifs is 1. The quantitative estimate of drug-likeness (QED) is 0.655. The van der Waals surface area contributed by atoms with E-state index in [4.69, 9.17) is 0 Å². The van der Waals surface area contributed by atoms with Gasteiger partial charge < -0.3 is 9.88 Å². The zero-order valence-electron chi connectivity index (χ0n) is 17.5. The van der Waals surface area contributed by atoms with Crippen LogP contribution in [0.4, 0.5) is 0 Å². The van der Waals surface area contributed by atoms with Crippen LogP contribution >= 0.6 is 0 Å². The molecule has 1 amide bonds. The Kier molecular flexibility index (Phi) is 6.09. The number of aryl methyl sites for hydroxylation is 2. The summed E-state index contributed by atoms with van der Waals surface area (Å²) in [7, 11) is -0.844. The van der Waals surface area contributed by atoms with Crippen LogP contribution in [0.25, 0.3) is 10.9 Å². The molecule has 0 unspecified atom stereocenters. The molecule has 0 atom stereocenters. The summed E-state index contributed by atoms with van der Waals surface area (Å²) in [5.41, 5.74) is 2.11. The number of hydrogen-bond acceptors (Lipinski definition) is 4. The maximum absolute atomic E-state index is 13.1. The molecule has 1 aromatic heterocycles. The van der Waals surface area contributed by atoms with Crippen molar-refractivity contribution in [3.63, 3.8) is 0 Å². The van der Waals surface area contributed by atoms with E-state index in [2.05, 4.69) is 5.32 Å². The molecular weight excluding hydrogens is 402 g/mol.